The van der Waals surface area contributed by atoms with Crippen molar-refractivity contribution in [2.24, 2.45) is 0 Å². The van der Waals surface area contributed by atoms with Gasteiger partial charge >= 0.3 is 5.97 Å². The van der Waals surface area contributed by atoms with Gasteiger partial charge in [-0.15, -0.1) is 0 Å². The standard InChI is InChI=1S/C82H141NO10/c1-4-7-10-13-16-19-22-25-27-29-31-33-35-37-39-40-42-44-46-48-51-54-57-60-63-66-69-75(86)81(90)83-73(74(85)68-65-62-59-56-53-50-24-21-18-15-12-9-6-3)72-91-82-80(79(89)78(88)76(71-84)92-82)93-77(87)70-67-64-61-58-55-52-49-47-45-43-41-38-36-34-32-30-28-26-23-20-17-14-11-8-5-2/h7,10,16-17,19-20,25-28,31-34,37-39,41,65,68,73-76,78-80,82,84-86,88-89H,4-6,8-9,11-15,18,21-24,29-30,35-36,40,42-64,66-67,69-72H2,1-3H3,(H,83,90)/b10-7-,19-16-,20-17-,27-25-,28-26-,33-31-,34-32-,39-37-,41-38-,68-65+. The molecular formula is C82H141NO10. The van der Waals surface area contributed by atoms with Gasteiger partial charge < -0.3 is 45.1 Å². The average molecular weight is 1300 g/mol. The van der Waals surface area contributed by atoms with Crippen LogP contribution >= 0.6 is 0 Å². The third kappa shape index (κ3) is 54.8. The number of ether oxygens (including phenoxy) is 3. The lowest BCUT2D eigenvalue weighted by atomic mass is 9.99. The number of aliphatic hydroxyl groups excluding tert-OH is 5. The van der Waals surface area contributed by atoms with Gasteiger partial charge in [-0.05, 0) is 116 Å². The maximum Gasteiger partial charge on any atom is 0.306 e. The molecule has 1 amide bonds. The number of amides is 1. The molecule has 534 valence electrons. The van der Waals surface area contributed by atoms with E-state index in [2.05, 4.69) is 135 Å². The summed E-state index contributed by atoms with van der Waals surface area (Å²) in [5, 5.41) is 57.4. The first kappa shape index (κ1) is 87.1. The van der Waals surface area contributed by atoms with Gasteiger partial charge in [0.15, 0.2) is 12.4 Å². The smallest absolute Gasteiger partial charge is 0.306 e. The van der Waals surface area contributed by atoms with Crippen LogP contribution in [0.1, 0.15) is 323 Å². The van der Waals surface area contributed by atoms with Gasteiger partial charge in [0, 0.05) is 6.42 Å². The minimum absolute atomic E-state index is 0.111. The quantitative estimate of drug-likeness (QED) is 0.0195. The number of unbranched alkanes of at least 4 members (excludes halogenated alkanes) is 33. The Morgan fingerprint density at radius 1 is 0.430 bits per heavy atom. The van der Waals surface area contributed by atoms with Crippen molar-refractivity contribution in [1.82, 2.24) is 5.32 Å². The monoisotopic (exact) mass is 1300 g/mol. The number of esters is 1. The highest BCUT2D eigenvalue weighted by molar-refractivity contribution is 5.80. The second-order valence-electron chi connectivity index (χ2n) is 26.0. The normalized spacial score (nSPS) is 18.6. The van der Waals surface area contributed by atoms with Crippen LogP contribution in [0.15, 0.2) is 122 Å². The summed E-state index contributed by atoms with van der Waals surface area (Å²) in [6.07, 6.45) is 85.1. The Balaban J connectivity index is 2.56. The largest absolute Gasteiger partial charge is 0.454 e. The van der Waals surface area contributed by atoms with Crippen LogP contribution in [0.25, 0.3) is 0 Å². The Bertz CT molecular complexity index is 1980. The molecular weight excluding hydrogens is 1160 g/mol. The molecule has 1 rings (SSSR count). The number of allylic oxidation sites excluding steroid dienone is 19. The number of rotatable bonds is 65. The molecule has 11 heteroatoms. The number of hydrogen-bond acceptors (Lipinski definition) is 10. The van der Waals surface area contributed by atoms with Gasteiger partial charge in [-0.3, -0.25) is 9.59 Å². The van der Waals surface area contributed by atoms with Crippen LogP contribution in [0.4, 0.5) is 0 Å². The summed E-state index contributed by atoms with van der Waals surface area (Å²) in [6.45, 7) is 5.68. The van der Waals surface area contributed by atoms with Crippen molar-refractivity contribution in [3.8, 4) is 0 Å². The fraction of sp³-hybridized carbons (Fsp3) is 0.732. The molecule has 0 bridgehead atoms. The molecule has 0 saturated carbocycles. The fourth-order valence-electron chi connectivity index (χ4n) is 11.4. The number of hydrogen-bond donors (Lipinski definition) is 6. The molecule has 0 radical (unpaired) electrons. The Kier molecular flexibility index (Phi) is 63.7. The first-order valence-corrected chi connectivity index (χ1v) is 38.3. The molecule has 1 heterocycles. The summed E-state index contributed by atoms with van der Waals surface area (Å²) in [5.41, 5.74) is 0. The van der Waals surface area contributed by atoms with Gasteiger partial charge in [0.05, 0.1) is 25.4 Å². The Hall–Kier alpha value is -3.94. The zero-order chi connectivity index (χ0) is 67.4. The molecule has 0 aromatic carbocycles. The lowest BCUT2D eigenvalue weighted by Crippen LogP contribution is -2.61. The summed E-state index contributed by atoms with van der Waals surface area (Å²) in [4.78, 5) is 26.8. The lowest BCUT2D eigenvalue weighted by Gasteiger charge is -2.41. The topological polar surface area (TPSA) is 175 Å². The van der Waals surface area contributed by atoms with Gasteiger partial charge in [0.1, 0.15) is 24.4 Å². The second kappa shape index (κ2) is 68.0. The molecule has 0 aromatic rings. The highest BCUT2D eigenvalue weighted by Crippen LogP contribution is 2.26. The number of carbonyl (C=O) groups excluding carboxylic acids is 2. The Morgan fingerprint density at radius 2 is 0.774 bits per heavy atom. The molecule has 1 fully saturated rings. The van der Waals surface area contributed by atoms with E-state index in [1.807, 2.05) is 6.08 Å². The van der Waals surface area contributed by atoms with E-state index in [1.165, 1.54) is 148 Å². The number of nitrogens with one attached hydrogen (secondary N) is 1. The van der Waals surface area contributed by atoms with Crippen molar-refractivity contribution >= 4 is 11.9 Å². The van der Waals surface area contributed by atoms with Crippen molar-refractivity contribution in [3.63, 3.8) is 0 Å². The van der Waals surface area contributed by atoms with Crippen LogP contribution in [0, 0.1) is 0 Å². The molecule has 8 unspecified atom stereocenters. The third-order valence-corrected chi connectivity index (χ3v) is 17.3. The van der Waals surface area contributed by atoms with Gasteiger partial charge in [-0.25, -0.2) is 0 Å². The van der Waals surface area contributed by atoms with Gasteiger partial charge in [0.25, 0.3) is 0 Å². The Morgan fingerprint density at radius 3 is 1.18 bits per heavy atom. The van der Waals surface area contributed by atoms with E-state index in [1.54, 1.807) is 6.08 Å². The highest BCUT2D eigenvalue weighted by atomic mass is 16.7. The van der Waals surface area contributed by atoms with Crippen LogP contribution in [-0.4, -0.2) is 99.6 Å². The van der Waals surface area contributed by atoms with Crippen LogP contribution < -0.4 is 5.32 Å². The minimum atomic E-state index is -1.63. The van der Waals surface area contributed by atoms with Crippen LogP contribution in [0.2, 0.25) is 0 Å². The van der Waals surface area contributed by atoms with Crippen molar-refractivity contribution < 1.29 is 49.3 Å². The van der Waals surface area contributed by atoms with Crippen molar-refractivity contribution in [2.45, 2.75) is 372 Å². The Labute approximate surface area is 570 Å². The lowest BCUT2D eigenvalue weighted by molar-refractivity contribution is -0.305. The number of carbonyl (C=O) groups is 2. The van der Waals surface area contributed by atoms with Crippen LogP contribution in [-0.2, 0) is 23.8 Å². The van der Waals surface area contributed by atoms with E-state index < -0.39 is 67.4 Å². The summed E-state index contributed by atoms with van der Waals surface area (Å²) in [7, 11) is 0. The predicted octanol–water partition coefficient (Wildman–Crippen LogP) is 20.5. The minimum Gasteiger partial charge on any atom is -0.454 e. The van der Waals surface area contributed by atoms with Gasteiger partial charge in [0.2, 0.25) is 5.91 Å². The summed E-state index contributed by atoms with van der Waals surface area (Å²) >= 11 is 0. The van der Waals surface area contributed by atoms with Crippen molar-refractivity contribution in [1.29, 1.82) is 0 Å². The van der Waals surface area contributed by atoms with Crippen molar-refractivity contribution in [3.05, 3.63) is 122 Å². The first-order chi connectivity index (χ1) is 45.7. The van der Waals surface area contributed by atoms with E-state index >= 15 is 0 Å². The summed E-state index contributed by atoms with van der Waals surface area (Å²) in [6, 6.07) is -1.04. The molecule has 1 saturated heterocycles. The van der Waals surface area contributed by atoms with E-state index in [4.69, 9.17) is 14.2 Å². The van der Waals surface area contributed by atoms with E-state index in [-0.39, 0.29) is 19.4 Å². The molecule has 6 N–H and O–H groups in total. The van der Waals surface area contributed by atoms with E-state index in [9.17, 15) is 35.1 Å². The van der Waals surface area contributed by atoms with Crippen LogP contribution in [0.3, 0.4) is 0 Å². The summed E-state index contributed by atoms with van der Waals surface area (Å²) < 4.78 is 17.7. The van der Waals surface area contributed by atoms with Crippen LogP contribution in [0.5, 0.6) is 0 Å². The average Bonchev–Trinajstić information content (AvgIpc) is 0.910. The van der Waals surface area contributed by atoms with Gasteiger partial charge in [-0.2, -0.15) is 0 Å². The van der Waals surface area contributed by atoms with Crippen molar-refractivity contribution in [2.75, 3.05) is 13.2 Å². The maximum absolute atomic E-state index is 13.5. The molecule has 1 aliphatic rings. The summed E-state index contributed by atoms with van der Waals surface area (Å²) in [5.74, 6) is -1.20. The maximum atomic E-state index is 13.5. The zero-order valence-electron chi connectivity index (χ0n) is 59.6. The molecule has 0 spiro atoms. The fourth-order valence-corrected chi connectivity index (χ4v) is 11.4. The molecule has 93 heavy (non-hydrogen) atoms. The third-order valence-electron chi connectivity index (χ3n) is 17.3. The second-order valence-corrected chi connectivity index (χ2v) is 26.0. The van der Waals surface area contributed by atoms with E-state index in [0.29, 0.717) is 12.8 Å². The molecule has 11 nitrogen and oxygen atoms in total. The van der Waals surface area contributed by atoms with Gasteiger partial charge in [-0.1, -0.05) is 322 Å². The zero-order valence-corrected chi connectivity index (χ0v) is 59.6. The van der Waals surface area contributed by atoms with E-state index in [0.717, 1.165) is 128 Å². The predicted molar refractivity (Wildman–Crippen MR) is 393 cm³/mol. The first-order valence-electron chi connectivity index (χ1n) is 38.3. The molecule has 8 atom stereocenters. The molecule has 0 aromatic heterocycles. The SMILES string of the molecule is CC/C=C\C/C=C\C/C=C\C/C=C\C/C=C\CCCCCCCCCCCCC(O)C(=O)NC(COC1OC(CO)C(O)C(O)C1OC(=O)CCCCCCCCCCC/C=C\C/C=C\C/C=C\C/C=C\CCCCC)C(O)/C=C/CCCCCCCCCCCCC. The number of aliphatic hydroxyl groups is 5. The molecule has 1 aliphatic heterocycles. The molecule has 0 aliphatic carbocycles. The highest BCUT2D eigenvalue weighted by Gasteiger charge is 2.47.